The first-order valence-corrected chi connectivity index (χ1v) is 7.83. The Morgan fingerprint density at radius 3 is 2.76 bits per heavy atom. The third kappa shape index (κ3) is 4.31. The summed E-state index contributed by atoms with van der Waals surface area (Å²) in [6.07, 6.45) is 1.40. The van der Waals surface area contributed by atoms with Crippen LogP contribution in [0.5, 0.6) is 17.2 Å². The Balaban J connectivity index is 2.43. The highest BCUT2D eigenvalue weighted by molar-refractivity contribution is 6.32. The van der Waals surface area contributed by atoms with Gasteiger partial charge in [-0.3, -0.25) is 4.79 Å². The molecule has 0 saturated carbocycles. The summed E-state index contributed by atoms with van der Waals surface area (Å²) >= 11 is 5.97. The number of benzene rings is 2. The van der Waals surface area contributed by atoms with Gasteiger partial charge in [-0.2, -0.15) is 5.26 Å². The molecule has 0 aromatic heterocycles. The van der Waals surface area contributed by atoms with Crippen molar-refractivity contribution in [2.45, 2.75) is 6.92 Å². The molecule has 0 spiro atoms. The Morgan fingerprint density at radius 2 is 2.12 bits per heavy atom. The van der Waals surface area contributed by atoms with E-state index in [1.807, 2.05) is 6.07 Å². The predicted octanol–water partition coefficient (Wildman–Crippen LogP) is 4.24. The summed E-state index contributed by atoms with van der Waals surface area (Å²) in [6, 6.07) is 11.4. The van der Waals surface area contributed by atoms with E-state index in [0.717, 1.165) is 0 Å². The number of phenolic OH excluding ortho intramolecular Hbond substituents is 1. The van der Waals surface area contributed by atoms with Crippen LogP contribution in [0, 0.1) is 11.3 Å². The van der Waals surface area contributed by atoms with Crippen molar-refractivity contribution >= 4 is 23.5 Å². The molecule has 2 aromatic rings. The van der Waals surface area contributed by atoms with Gasteiger partial charge in [0.15, 0.2) is 11.5 Å². The molecule has 0 atom stereocenters. The summed E-state index contributed by atoms with van der Waals surface area (Å²) < 4.78 is 10.4. The number of ether oxygens (including phenoxy) is 2. The summed E-state index contributed by atoms with van der Waals surface area (Å²) in [6.45, 7) is 2.10. The van der Waals surface area contributed by atoms with Gasteiger partial charge in [0, 0.05) is 5.56 Å². The number of nitriles is 1. The van der Waals surface area contributed by atoms with Gasteiger partial charge >= 0.3 is 0 Å². The van der Waals surface area contributed by atoms with Gasteiger partial charge in [-0.25, -0.2) is 0 Å². The number of carbonyl (C=O) groups is 1. The minimum absolute atomic E-state index is 0.0718. The highest BCUT2D eigenvalue weighted by Gasteiger charge is 2.15. The Kier molecular flexibility index (Phi) is 6.04. The number of hydrogen-bond donors (Lipinski definition) is 1. The number of methoxy groups -OCH3 is 1. The van der Waals surface area contributed by atoms with Crippen molar-refractivity contribution in [2.24, 2.45) is 0 Å². The average molecular weight is 358 g/mol. The van der Waals surface area contributed by atoms with Crippen LogP contribution in [0.2, 0.25) is 5.02 Å². The molecule has 0 aliphatic heterocycles. The smallest absolute Gasteiger partial charge is 0.203 e. The van der Waals surface area contributed by atoms with Crippen LogP contribution in [-0.4, -0.2) is 24.6 Å². The van der Waals surface area contributed by atoms with Crippen molar-refractivity contribution < 1.29 is 19.4 Å². The summed E-state index contributed by atoms with van der Waals surface area (Å²) in [5, 5.41) is 19.3. The molecule has 0 aliphatic rings. The molecule has 0 unspecified atom stereocenters. The number of allylic oxidation sites excluding steroid dienone is 1. The van der Waals surface area contributed by atoms with Crippen LogP contribution < -0.4 is 9.47 Å². The lowest BCUT2D eigenvalue weighted by Crippen LogP contribution is -2.02. The predicted molar refractivity (Wildman–Crippen MR) is 95.2 cm³/mol. The van der Waals surface area contributed by atoms with E-state index in [0.29, 0.717) is 23.5 Å². The topological polar surface area (TPSA) is 79.5 Å². The molecule has 1 N–H and O–H groups in total. The number of aromatic hydroxyl groups is 1. The van der Waals surface area contributed by atoms with E-state index in [9.17, 15) is 15.2 Å². The van der Waals surface area contributed by atoms with Crippen LogP contribution >= 0.6 is 11.6 Å². The average Bonchev–Trinajstić information content (AvgIpc) is 2.63. The van der Waals surface area contributed by atoms with Gasteiger partial charge < -0.3 is 14.6 Å². The second kappa shape index (κ2) is 8.22. The normalized spacial score (nSPS) is 10.9. The lowest BCUT2D eigenvalue weighted by molar-refractivity contribution is 0.103. The molecule has 0 radical (unpaired) electrons. The standard InChI is InChI=1S/C19H16ClNO4/c1-3-25-17-9-12(8-16(20)19(17)23)7-14(11-21)18(22)13-5-4-6-15(10-13)24-2/h4-10,23H,3H2,1-2H3/b14-7+. The van der Waals surface area contributed by atoms with E-state index < -0.39 is 5.78 Å². The molecule has 128 valence electrons. The first-order valence-electron chi connectivity index (χ1n) is 7.46. The maximum absolute atomic E-state index is 12.6. The number of ketones is 1. The minimum atomic E-state index is -0.441. The molecule has 0 aliphatic carbocycles. The molecule has 0 bridgehead atoms. The quantitative estimate of drug-likeness (QED) is 0.475. The number of nitrogens with zero attached hydrogens (tertiary/aromatic N) is 1. The molecule has 0 saturated heterocycles. The Hall–Kier alpha value is -2.97. The van der Waals surface area contributed by atoms with Crippen LogP contribution in [0.4, 0.5) is 0 Å². The molecule has 5 nitrogen and oxygen atoms in total. The van der Waals surface area contributed by atoms with Gasteiger partial charge in [-0.15, -0.1) is 0 Å². The van der Waals surface area contributed by atoms with Crippen molar-refractivity contribution in [2.75, 3.05) is 13.7 Å². The summed E-state index contributed by atoms with van der Waals surface area (Å²) in [7, 11) is 1.50. The van der Waals surface area contributed by atoms with E-state index in [2.05, 4.69) is 0 Å². The lowest BCUT2D eigenvalue weighted by Gasteiger charge is -2.09. The summed E-state index contributed by atoms with van der Waals surface area (Å²) in [4.78, 5) is 12.6. The second-order valence-electron chi connectivity index (χ2n) is 5.01. The van der Waals surface area contributed by atoms with Gasteiger partial charge in [0.1, 0.15) is 17.4 Å². The van der Waals surface area contributed by atoms with E-state index in [1.54, 1.807) is 31.2 Å². The monoisotopic (exact) mass is 357 g/mol. The zero-order valence-corrected chi connectivity index (χ0v) is 14.5. The molecule has 2 rings (SSSR count). The summed E-state index contributed by atoms with van der Waals surface area (Å²) in [5.41, 5.74) is 0.735. The van der Waals surface area contributed by atoms with Crippen LogP contribution in [0.15, 0.2) is 42.0 Å². The van der Waals surface area contributed by atoms with Crippen LogP contribution in [0.1, 0.15) is 22.8 Å². The third-order valence-corrected chi connectivity index (χ3v) is 3.65. The van der Waals surface area contributed by atoms with Crippen molar-refractivity contribution in [1.29, 1.82) is 5.26 Å². The van der Waals surface area contributed by atoms with Gasteiger partial charge in [-0.05, 0) is 42.8 Å². The van der Waals surface area contributed by atoms with Crippen molar-refractivity contribution in [3.63, 3.8) is 0 Å². The fraction of sp³-hybridized carbons (Fsp3) is 0.158. The minimum Gasteiger partial charge on any atom is -0.503 e. The number of carbonyl (C=O) groups excluding carboxylic acids is 1. The van der Waals surface area contributed by atoms with Crippen molar-refractivity contribution in [1.82, 2.24) is 0 Å². The molecule has 6 heteroatoms. The van der Waals surface area contributed by atoms with Crippen molar-refractivity contribution in [3.8, 4) is 23.3 Å². The number of hydrogen-bond acceptors (Lipinski definition) is 5. The highest BCUT2D eigenvalue weighted by Crippen LogP contribution is 2.36. The van der Waals surface area contributed by atoms with Crippen LogP contribution in [-0.2, 0) is 0 Å². The van der Waals surface area contributed by atoms with Gasteiger partial charge in [-0.1, -0.05) is 23.7 Å². The second-order valence-corrected chi connectivity index (χ2v) is 5.42. The van der Waals surface area contributed by atoms with Gasteiger partial charge in [0.2, 0.25) is 5.78 Å². The third-order valence-electron chi connectivity index (χ3n) is 3.36. The van der Waals surface area contributed by atoms with E-state index in [1.165, 1.54) is 25.3 Å². The highest BCUT2D eigenvalue weighted by atomic mass is 35.5. The summed E-state index contributed by atoms with van der Waals surface area (Å²) in [5.74, 6) is 0.0867. The molecule has 0 amide bonds. The Bertz CT molecular complexity index is 868. The zero-order valence-electron chi connectivity index (χ0n) is 13.7. The van der Waals surface area contributed by atoms with Gasteiger partial charge in [0.05, 0.1) is 18.7 Å². The van der Waals surface area contributed by atoms with E-state index >= 15 is 0 Å². The fourth-order valence-corrected chi connectivity index (χ4v) is 2.40. The first kappa shape index (κ1) is 18.4. The molecule has 0 fully saturated rings. The fourth-order valence-electron chi connectivity index (χ4n) is 2.18. The largest absolute Gasteiger partial charge is 0.503 e. The molecular weight excluding hydrogens is 342 g/mol. The zero-order chi connectivity index (χ0) is 18.4. The van der Waals surface area contributed by atoms with Crippen LogP contribution in [0.3, 0.4) is 0 Å². The Morgan fingerprint density at radius 1 is 1.36 bits per heavy atom. The Labute approximate surface area is 150 Å². The number of halogens is 1. The van der Waals surface area contributed by atoms with E-state index in [4.69, 9.17) is 21.1 Å². The van der Waals surface area contributed by atoms with Crippen molar-refractivity contribution in [3.05, 3.63) is 58.1 Å². The molecule has 2 aromatic carbocycles. The lowest BCUT2D eigenvalue weighted by atomic mass is 10.0. The number of phenols is 1. The molecular formula is C19H16ClNO4. The number of rotatable bonds is 6. The maximum Gasteiger partial charge on any atom is 0.203 e. The maximum atomic E-state index is 12.6. The van der Waals surface area contributed by atoms with E-state index in [-0.39, 0.29) is 22.1 Å². The SMILES string of the molecule is CCOc1cc(/C=C(\C#N)C(=O)c2cccc(OC)c2)cc(Cl)c1O. The molecule has 25 heavy (non-hydrogen) atoms. The van der Waals surface area contributed by atoms with Crippen LogP contribution in [0.25, 0.3) is 6.08 Å². The molecule has 0 heterocycles. The first-order chi connectivity index (χ1) is 12.0. The number of Topliss-reactive ketones (excluding diaryl/α,β-unsaturated/α-hetero) is 1. The van der Waals surface area contributed by atoms with Gasteiger partial charge in [0.25, 0.3) is 0 Å².